The van der Waals surface area contributed by atoms with Crippen LogP contribution in [0.15, 0.2) is 48.5 Å². The van der Waals surface area contributed by atoms with Crippen molar-refractivity contribution in [1.82, 2.24) is 14.3 Å². The molecular weight excluding hydrogens is 446 g/mol. The number of pyridine rings is 1. The molecule has 1 aliphatic rings. The number of piperazine rings is 1. The Hall–Kier alpha value is -3.27. The smallest absolute Gasteiger partial charge is 0.157 e. The Morgan fingerprint density at radius 2 is 1.79 bits per heavy atom. The molecule has 174 valence electrons. The maximum Gasteiger partial charge on any atom is 0.157 e. The molecule has 4 aromatic rings. The van der Waals surface area contributed by atoms with E-state index in [1.54, 1.807) is 0 Å². The van der Waals surface area contributed by atoms with Crippen molar-refractivity contribution in [1.29, 1.82) is 5.26 Å². The predicted molar refractivity (Wildman–Crippen MR) is 137 cm³/mol. The first-order valence-electron chi connectivity index (χ1n) is 11.8. The van der Waals surface area contributed by atoms with Crippen molar-refractivity contribution in [2.75, 3.05) is 44.2 Å². The first kappa shape index (κ1) is 22.5. The maximum atomic E-state index is 9.93. The Balaban J connectivity index is 1.38. The Morgan fingerprint density at radius 3 is 2.50 bits per heavy atom. The van der Waals surface area contributed by atoms with Crippen molar-refractivity contribution in [3.05, 3.63) is 70.2 Å². The number of para-hydroxylation sites is 2. The lowest BCUT2D eigenvalue weighted by molar-refractivity contribution is 0.200. The minimum Gasteiger partial charge on any atom is -0.492 e. The fraction of sp³-hybridized carbons (Fsp3) is 0.333. The van der Waals surface area contributed by atoms with Crippen LogP contribution in [0.5, 0.6) is 5.75 Å². The molecule has 6 nitrogen and oxygen atoms in total. The Kier molecular flexibility index (Phi) is 6.32. The van der Waals surface area contributed by atoms with Gasteiger partial charge in [0, 0.05) is 37.7 Å². The molecule has 3 heterocycles. The van der Waals surface area contributed by atoms with Crippen LogP contribution >= 0.6 is 11.6 Å². The van der Waals surface area contributed by atoms with E-state index in [0.29, 0.717) is 17.2 Å². The minimum atomic E-state index is 0.647. The second-order valence-electron chi connectivity index (χ2n) is 8.66. The number of rotatable bonds is 6. The molecule has 0 amide bonds. The average Bonchev–Trinajstić information content (AvgIpc) is 3.24. The lowest BCUT2D eigenvalue weighted by atomic mass is 10.0. The van der Waals surface area contributed by atoms with Crippen molar-refractivity contribution >= 4 is 34.1 Å². The predicted octanol–water partition coefficient (Wildman–Crippen LogP) is 5.08. The number of aromatic nitrogens is 2. The van der Waals surface area contributed by atoms with E-state index in [1.807, 2.05) is 42.5 Å². The molecule has 0 atom stereocenters. The largest absolute Gasteiger partial charge is 0.492 e. The normalized spacial score (nSPS) is 14.6. The van der Waals surface area contributed by atoms with Gasteiger partial charge < -0.3 is 9.64 Å². The van der Waals surface area contributed by atoms with Crippen LogP contribution in [0.25, 0.3) is 16.7 Å². The molecule has 5 rings (SSSR count). The van der Waals surface area contributed by atoms with E-state index in [2.05, 4.69) is 40.2 Å². The summed E-state index contributed by atoms with van der Waals surface area (Å²) in [6.45, 7) is 9.51. The molecule has 1 aliphatic heterocycles. The number of fused-ring (bicyclic) bond motifs is 3. The van der Waals surface area contributed by atoms with Crippen LogP contribution in [0.1, 0.15) is 23.6 Å². The zero-order chi connectivity index (χ0) is 23.7. The highest BCUT2D eigenvalue weighted by molar-refractivity contribution is 6.30. The summed E-state index contributed by atoms with van der Waals surface area (Å²) < 4.78 is 8.10. The van der Waals surface area contributed by atoms with Crippen LogP contribution in [-0.4, -0.2) is 53.6 Å². The fourth-order valence-electron chi connectivity index (χ4n) is 4.93. The second-order valence-corrected chi connectivity index (χ2v) is 9.09. The standard InChI is InChI=1S/C27H28ClN5O/c1-3-22-19(2)23(18-29)26-30-24-6-4-5-7-25(24)33(26)27(22)32-14-12-31(13-15-32)16-17-34-21-10-8-20(28)9-11-21/h4-11H,3,12-17H2,1-2H3. The zero-order valence-corrected chi connectivity index (χ0v) is 20.3. The Bertz CT molecular complexity index is 1360. The second kappa shape index (κ2) is 9.54. The van der Waals surface area contributed by atoms with E-state index in [9.17, 15) is 5.26 Å². The van der Waals surface area contributed by atoms with Gasteiger partial charge in [0.2, 0.25) is 0 Å². The molecule has 1 saturated heterocycles. The van der Waals surface area contributed by atoms with Gasteiger partial charge in [0.1, 0.15) is 24.2 Å². The summed E-state index contributed by atoms with van der Waals surface area (Å²) in [7, 11) is 0. The van der Waals surface area contributed by atoms with Gasteiger partial charge in [-0.3, -0.25) is 9.30 Å². The van der Waals surface area contributed by atoms with Crippen molar-refractivity contribution in [3.8, 4) is 11.8 Å². The van der Waals surface area contributed by atoms with Crippen LogP contribution in [-0.2, 0) is 6.42 Å². The van der Waals surface area contributed by atoms with Crippen LogP contribution in [0, 0.1) is 18.3 Å². The quantitative estimate of drug-likeness (QED) is 0.390. The molecule has 2 aromatic heterocycles. The van der Waals surface area contributed by atoms with Gasteiger partial charge in [0.05, 0.1) is 16.6 Å². The van der Waals surface area contributed by atoms with Gasteiger partial charge in [-0.05, 0) is 60.9 Å². The lowest BCUT2D eigenvalue weighted by Gasteiger charge is -2.37. The third kappa shape index (κ3) is 4.06. The van der Waals surface area contributed by atoms with Crippen molar-refractivity contribution < 1.29 is 4.74 Å². The number of hydrogen-bond acceptors (Lipinski definition) is 5. The number of halogens is 1. The van der Waals surface area contributed by atoms with Gasteiger partial charge >= 0.3 is 0 Å². The topological polar surface area (TPSA) is 56.8 Å². The molecule has 0 N–H and O–H groups in total. The molecule has 0 radical (unpaired) electrons. The highest BCUT2D eigenvalue weighted by atomic mass is 35.5. The number of anilines is 1. The summed E-state index contributed by atoms with van der Waals surface area (Å²) in [6.07, 6.45) is 0.868. The third-order valence-corrected chi connectivity index (χ3v) is 6.97. The van der Waals surface area contributed by atoms with Gasteiger partial charge in [0.15, 0.2) is 5.65 Å². The summed E-state index contributed by atoms with van der Waals surface area (Å²) in [5, 5.41) is 10.6. The third-order valence-electron chi connectivity index (χ3n) is 6.72. The number of nitriles is 1. The van der Waals surface area contributed by atoms with E-state index < -0.39 is 0 Å². The van der Waals surface area contributed by atoms with E-state index >= 15 is 0 Å². The van der Waals surface area contributed by atoms with Crippen molar-refractivity contribution in [2.24, 2.45) is 0 Å². The number of hydrogen-bond donors (Lipinski definition) is 0. The molecule has 0 spiro atoms. The number of benzene rings is 2. The number of nitrogens with zero attached hydrogens (tertiary/aromatic N) is 5. The van der Waals surface area contributed by atoms with E-state index in [1.165, 1.54) is 11.4 Å². The Labute approximate surface area is 204 Å². The summed E-state index contributed by atoms with van der Waals surface area (Å²) in [6, 6.07) is 18.1. The van der Waals surface area contributed by atoms with E-state index in [-0.39, 0.29) is 0 Å². The first-order chi connectivity index (χ1) is 16.6. The van der Waals surface area contributed by atoms with Crippen molar-refractivity contribution in [2.45, 2.75) is 20.3 Å². The van der Waals surface area contributed by atoms with Gasteiger partial charge in [0.25, 0.3) is 0 Å². The van der Waals surface area contributed by atoms with Crippen LogP contribution in [0.4, 0.5) is 5.82 Å². The molecule has 0 saturated carbocycles. The monoisotopic (exact) mass is 473 g/mol. The molecule has 1 fully saturated rings. The molecule has 34 heavy (non-hydrogen) atoms. The number of ether oxygens (including phenoxy) is 1. The molecular formula is C27H28ClN5O. The van der Waals surface area contributed by atoms with Gasteiger partial charge in [-0.2, -0.15) is 5.26 Å². The van der Waals surface area contributed by atoms with Crippen LogP contribution in [0.2, 0.25) is 5.02 Å². The molecule has 7 heteroatoms. The summed E-state index contributed by atoms with van der Waals surface area (Å²) >= 11 is 5.95. The molecule has 2 aromatic carbocycles. The Morgan fingerprint density at radius 1 is 1.06 bits per heavy atom. The van der Waals surface area contributed by atoms with Gasteiger partial charge in [-0.1, -0.05) is 30.7 Å². The summed E-state index contributed by atoms with van der Waals surface area (Å²) in [5.41, 5.74) is 5.68. The van der Waals surface area contributed by atoms with Crippen molar-refractivity contribution in [3.63, 3.8) is 0 Å². The fourth-order valence-corrected chi connectivity index (χ4v) is 5.05. The highest BCUT2D eigenvalue weighted by Gasteiger charge is 2.26. The SMILES string of the molecule is CCc1c(C)c(C#N)c2nc3ccccc3n2c1N1CCN(CCOc2ccc(Cl)cc2)CC1. The highest BCUT2D eigenvalue weighted by Crippen LogP contribution is 2.34. The number of imidazole rings is 1. The summed E-state index contributed by atoms with van der Waals surface area (Å²) in [5.74, 6) is 2.03. The zero-order valence-electron chi connectivity index (χ0n) is 19.6. The lowest BCUT2D eigenvalue weighted by Crippen LogP contribution is -2.48. The first-order valence-corrected chi connectivity index (χ1v) is 12.2. The van der Waals surface area contributed by atoms with Crippen LogP contribution < -0.4 is 9.64 Å². The molecule has 0 unspecified atom stereocenters. The van der Waals surface area contributed by atoms with Gasteiger partial charge in [-0.25, -0.2) is 4.98 Å². The molecule has 0 bridgehead atoms. The maximum absolute atomic E-state index is 9.93. The summed E-state index contributed by atoms with van der Waals surface area (Å²) in [4.78, 5) is 9.75. The van der Waals surface area contributed by atoms with Gasteiger partial charge in [-0.15, -0.1) is 0 Å². The van der Waals surface area contributed by atoms with E-state index in [4.69, 9.17) is 21.3 Å². The van der Waals surface area contributed by atoms with Crippen LogP contribution in [0.3, 0.4) is 0 Å². The molecule has 0 aliphatic carbocycles. The minimum absolute atomic E-state index is 0.647. The van der Waals surface area contributed by atoms with E-state index in [0.717, 1.165) is 67.1 Å². The average molecular weight is 474 g/mol.